The van der Waals surface area contributed by atoms with Gasteiger partial charge in [0.1, 0.15) is 11.6 Å². The Hall–Kier alpha value is -1.68. The summed E-state index contributed by atoms with van der Waals surface area (Å²) in [5.74, 6) is 0.977. The molecule has 0 spiro atoms. The van der Waals surface area contributed by atoms with Crippen LogP contribution in [0.1, 0.15) is 16.9 Å². The van der Waals surface area contributed by atoms with E-state index < -0.39 is 0 Å². The first-order valence-electron chi connectivity index (χ1n) is 5.25. The molecule has 0 aliphatic heterocycles. The van der Waals surface area contributed by atoms with Gasteiger partial charge in [-0.3, -0.25) is 5.41 Å². The predicted octanol–water partition coefficient (Wildman–Crippen LogP) is 3.33. The number of nitrogen functional groups attached to an aromatic ring is 1. The van der Waals surface area contributed by atoms with Crippen molar-refractivity contribution in [1.82, 2.24) is 0 Å². The van der Waals surface area contributed by atoms with E-state index in [-0.39, 0.29) is 5.84 Å². The molecule has 3 nitrogen and oxygen atoms in total. The lowest BCUT2D eigenvalue weighted by molar-refractivity contribution is 0.527. The Labute approximate surface area is 105 Å². The van der Waals surface area contributed by atoms with Crippen molar-refractivity contribution in [1.29, 1.82) is 5.41 Å². The maximum atomic E-state index is 7.60. The molecule has 3 N–H and O–H groups in total. The summed E-state index contributed by atoms with van der Waals surface area (Å²) in [6.45, 7) is 3.94. The molecule has 0 bridgehead atoms. The molecule has 0 aliphatic carbocycles. The zero-order valence-corrected chi connectivity index (χ0v) is 10.6. The molecule has 17 heavy (non-hydrogen) atoms. The third-order valence-corrected chi connectivity index (χ3v) is 3.91. The molecule has 2 aromatic rings. The van der Waals surface area contributed by atoms with Crippen LogP contribution < -0.4 is 5.73 Å². The summed E-state index contributed by atoms with van der Waals surface area (Å²) >= 11 is 1.59. The van der Waals surface area contributed by atoms with Crippen molar-refractivity contribution in [2.45, 2.75) is 23.6 Å². The third-order valence-electron chi connectivity index (χ3n) is 2.53. The first-order chi connectivity index (χ1) is 8.09. The average molecular weight is 246 g/mol. The predicted molar refractivity (Wildman–Crippen MR) is 69.8 cm³/mol. The normalized spacial score (nSPS) is 10.5. The summed E-state index contributed by atoms with van der Waals surface area (Å²) < 4.78 is 5.27. The van der Waals surface area contributed by atoms with E-state index in [0.717, 1.165) is 26.7 Å². The smallest absolute Gasteiger partial charge is 0.123 e. The Kier molecular flexibility index (Phi) is 3.24. The van der Waals surface area contributed by atoms with Crippen molar-refractivity contribution < 1.29 is 4.42 Å². The first kappa shape index (κ1) is 11.8. The summed E-state index contributed by atoms with van der Waals surface area (Å²) in [5.41, 5.74) is 7.48. The number of hydrogen-bond donors (Lipinski definition) is 2. The van der Waals surface area contributed by atoms with Crippen LogP contribution >= 0.6 is 11.8 Å². The fourth-order valence-electron chi connectivity index (χ4n) is 1.59. The molecule has 0 radical (unpaired) electrons. The molecule has 0 saturated carbocycles. The van der Waals surface area contributed by atoms with Gasteiger partial charge in [0, 0.05) is 10.5 Å². The number of furan rings is 1. The second kappa shape index (κ2) is 4.67. The quantitative estimate of drug-likeness (QED) is 0.645. The molecular formula is C13H14N2OS. The SMILES string of the molecule is Cc1cccc(C(=N)N)c1Sc1ccoc1C. The summed E-state index contributed by atoms with van der Waals surface area (Å²) in [4.78, 5) is 2.08. The number of benzene rings is 1. The van der Waals surface area contributed by atoms with Gasteiger partial charge in [-0.2, -0.15) is 0 Å². The molecule has 1 aromatic carbocycles. The highest BCUT2D eigenvalue weighted by atomic mass is 32.2. The number of nitrogens with one attached hydrogen (secondary N) is 1. The molecular weight excluding hydrogens is 232 g/mol. The van der Waals surface area contributed by atoms with Crippen LogP contribution in [0.3, 0.4) is 0 Å². The second-order valence-electron chi connectivity index (χ2n) is 3.81. The van der Waals surface area contributed by atoms with Gasteiger partial charge in [0.05, 0.1) is 11.2 Å². The van der Waals surface area contributed by atoms with Crippen LogP contribution in [-0.2, 0) is 0 Å². The van der Waals surface area contributed by atoms with E-state index in [4.69, 9.17) is 15.6 Å². The van der Waals surface area contributed by atoms with Crippen molar-refractivity contribution in [2.24, 2.45) is 5.73 Å². The maximum absolute atomic E-state index is 7.60. The zero-order chi connectivity index (χ0) is 12.4. The summed E-state index contributed by atoms with van der Waals surface area (Å²) in [5, 5.41) is 7.60. The van der Waals surface area contributed by atoms with Crippen LogP contribution in [0.4, 0.5) is 0 Å². The van der Waals surface area contributed by atoms with E-state index in [1.807, 2.05) is 38.1 Å². The second-order valence-corrected chi connectivity index (χ2v) is 4.86. The Morgan fingerprint density at radius 2 is 2.06 bits per heavy atom. The average Bonchev–Trinajstić information content (AvgIpc) is 2.67. The summed E-state index contributed by atoms with van der Waals surface area (Å²) in [7, 11) is 0. The molecule has 0 amide bonds. The van der Waals surface area contributed by atoms with Crippen LogP contribution in [0.2, 0.25) is 0 Å². The highest BCUT2D eigenvalue weighted by molar-refractivity contribution is 7.99. The maximum Gasteiger partial charge on any atom is 0.123 e. The first-order valence-corrected chi connectivity index (χ1v) is 6.07. The molecule has 0 aliphatic rings. The Morgan fingerprint density at radius 3 is 2.65 bits per heavy atom. The van der Waals surface area contributed by atoms with Gasteiger partial charge in [-0.25, -0.2) is 0 Å². The van der Waals surface area contributed by atoms with Crippen molar-refractivity contribution >= 4 is 17.6 Å². The number of rotatable bonds is 3. The topological polar surface area (TPSA) is 63.0 Å². The monoisotopic (exact) mass is 246 g/mol. The van der Waals surface area contributed by atoms with Crippen LogP contribution in [-0.4, -0.2) is 5.84 Å². The summed E-state index contributed by atoms with van der Waals surface area (Å²) in [6.07, 6.45) is 1.67. The van der Waals surface area contributed by atoms with Crippen LogP contribution in [0, 0.1) is 19.3 Å². The van der Waals surface area contributed by atoms with E-state index in [9.17, 15) is 0 Å². The molecule has 2 rings (SSSR count). The minimum Gasteiger partial charge on any atom is -0.468 e. The van der Waals surface area contributed by atoms with Gasteiger partial charge in [0.2, 0.25) is 0 Å². The third kappa shape index (κ3) is 2.36. The molecule has 0 fully saturated rings. The summed E-state index contributed by atoms with van der Waals surface area (Å²) in [6, 6.07) is 7.73. The molecule has 0 atom stereocenters. The van der Waals surface area contributed by atoms with Crippen molar-refractivity contribution in [3.05, 3.63) is 47.4 Å². The fraction of sp³-hybridized carbons (Fsp3) is 0.154. The van der Waals surface area contributed by atoms with E-state index in [1.54, 1.807) is 18.0 Å². The lowest BCUT2D eigenvalue weighted by Crippen LogP contribution is -2.12. The molecule has 1 aromatic heterocycles. The van der Waals surface area contributed by atoms with Crippen LogP contribution in [0.15, 0.2) is 44.7 Å². The van der Waals surface area contributed by atoms with E-state index in [0.29, 0.717) is 0 Å². The lowest BCUT2D eigenvalue weighted by Gasteiger charge is -2.10. The largest absolute Gasteiger partial charge is 0.468 e. The highest BCUT2D eigenvalue weighted by Gasteiger charge is 2.12. The lowest BCUT2D eigenvalue weighted by atomic mass is 10.1. The van der Waals surface area contributed by atoms with Gasteiger partial charge >= 0.3 is 0 Å². The van der Waals surface area contributed by atoms with Gasteiger partial charge in [-0.15, -0.1) is 0 Å². The number of hydrogen-bond acceptors (Lipinski definition) is 3. The standard InChI is InChI=1S/C13H14N2OS/c1-8-4-3-5-10(13(14)15)12(8)17-11-6-7-16-9(11)2/h3-7H,1-2H3,(H3,14,15). The Balaban J connectivity index is 2.45. The van der Waals surface area contributed by atoms with Gasteiger partial charge < -0.3 is 10.2 Å². The molecule has 0 unspecified atom stereocenters. The Bertz CT molecular complexity index is 560. The Morgan fingerprint density at radius 1 is 1.29 bits per heavy atom. The van der Waals surface area contributed by atoms with Crippen molar-refractivity contribution in [3.63, 3.8) is 0 Å². The number of amidine groups is 1. The number of nitrogens with two attached hydrogens (primary N) is 1. The minimum absolute atomic E-state index is 0.0948. The highest BCUT2D eigenvalue weighted by Crippen LogP contribution is 2.35. The van der Waals surface area contributed by atoms with Gasteiger partial charge in [-0.1, -0.05) is 30.0 Å². The molecule has 0 saturated heterocycles. The van der Waals surface area contributed by atoms with Gasteiger partial charge in [-0.05, 0) is 25.5 Å². The minimum atomic E-state index is 0.0948. The van der Waals surface area contributed by atoms with Crippen LogP contribution in [0.5, 0.6) is 0 Å². The van der Waals surface area contributed by atoms with Crippen LogP contribution in [0.25, 0.3) is 0 Å². The zero-order valence-electron chi connectivity index (χ0n) is 9.78. The fourth-order valence-corrected chi connectivity index (χ4v) is 2.64. The van der Waals surface area contributed by atoms with E-state index in [2.05, 4.69) is 0 Å². The van der Waals surface area contributed by atoms with Crippen molar-refractivity contribution in [3.8, 4) is 0 Å². The molecule has 88 valence electrons. The number of aryl methyl sites for hydroxylation is 2. The van der Waals surface area contributed by atoms with Gasteiger partial charge in [0.15, 0.2) is 0 Å². The molecule has 1 heterocycles. The van der Waals surface area contributed by atoms with Gasteiger partial charge in [0.25, 0.3) is 0 Å². The van der Waals surface area contributed by atoms with E-state index >= 15 is 0 Å². The van der Waals surface area contributed by atoms with Crippen molar-refractivity contribution in [2.75, 3.05) is 0 Å². The van der Waals surface area contributed by atoms with E-state index in [1.165, 1.54) is 0 Å². The molecule has 4 heteroatoms.